The van der Waals surface area contributed by atoms with Gasteiger partial charge in [-0.25, -0.2) is 8.42 Å². The molecule has 0 fully saturated rings. The summed E-state index contributed by atoms with van der Waals surface area (Å²) in [6.45, 7) is 9.08. The molecule has 160 valence electrons. The van der Waals surface area contributed by atoms with E-state index in [9.17, 15) is 13.2 Å². The van der Waals surface area contributed by atoms with Gasteiger partial charge in [-0.05, 0) is 43.9 Å². The van der Waals surface area contributed by atoms with Gasteiger partial charge < -0.3 is 14.8 Å². The largest absolute Gasteiger partial charge is 0.490 e. The molecule has 0 radical (unpaired) electrons. The van der Waals surface area contributed by atoms with E-state index >= 15 is 0 Å². The molecule has 1 amide bonds. The van der Waals surface area contributed by atoms with Crippen LogP contribution in [-0.2, 0) is 14.6 Å². The number of amides is 1. The molecule has 0 saturated carbocycles. The number of hydrogen-bond donors (Lipinski definition) is 1. The Kier molecular flexibility index (Phi) is 11.0. The molecule has 1 N–H and O–H groups in total. The van der Waals surface area contributed by atoms with Gasteiger partial charge in [-0.1, -0.05) is 39.7 Å². The first-order chi connectivity index (χ1) is 13.3. The van der Waals surface area contributed by atoms with E-state index in [1.54, 1.807) is 0 Å². The smallest absolute Gasteiger partial charge is 0.235 e. The zero-order valence-corrected chi connectivity index (χ0v) is 18.4. The van der Waals surface area contributed by atoms with E-state index in [2.05, 4.69) is 5.32 Å². The van der Waals surface area contributed by atoms with Gasteiger partial charge in [0.25, 0.3) is 0 Å². The van der Waals surface area contributed by atoms with Gasteiger partial charge in [-0.2, -0.15) is 0 Å². The summed E-state index contributed by atoms with van der Waals surface area (Å²) in [5.74, 6) is 0.419. The van der Waals surface area contributed by atoms with Gasteiger partial charge in [0, 0.05) is 0 Å². The Balaban J connectivity index is 2.76. The van der Waals surface area contributed by atoms with Crippen LogP contribution in [0.15, 0.2) is 18.2 Å². The van der Waals surface area contributed by atoms with E-state index in [0.717, 1.165) is 31.2 Å². The number of sulfone groups is 1. The second-order valence-corrected chi connectivity index (χ2v) is 9.18. The molecule has 0 aliphatic heterocycles. The van der Waals surface area contributed by atoms with E-state index in [0.29, 0.717) is 31.1 Å². The predicted octanol–water partition coefficient (Wildman–Crippen LogP) is 4.05. The average molecular weight is 414 g/mol. The minimum atomic E-state index is -3.37. The maximum atomic E-state index is 12.2. The van der Waals surface area contributed by atoms with Crippen molar-refractivity contribution in [2.24, 2.45) is 0 Å². The van der Waals surface area contributed by atoms with Gasteiger partial charge >= 0.3 is 0 Å². The molecule has 1 aromatic carbocycles. The summed E-state index contributed by atoms with van der Waals surface area (Å²) in [7, 11) is -3.37. The lowest BCUT2D eigenvalue weighted by Crippen LogP contribution is -2.33. The molecular formula is C21H35NO5S. The van der Waals surface area contributed by atoms with Crippen LogP contribution in [0.1, 0.15) is 71.4 Å². The molecule has 1 rings (SSSR count). The quantitative estimate of drug-likeness (QED) is 0.465. The zero-order chi connectivity index (χ0) is 21.0. The highest BCUT2D eigenvalue weighted by Crippen LogP contribution is 2.31. The molecule has 7 heteroatoms. The number of hydrogen-bond acceptors (Lipinski definition) is 5. The van der Waals surface area contributed by atoms with Crippen LogP contribution in [0.2, 0.25) is 0 Å². The Morgan fingerprint density at radius 1 is 1.00 bits per heavy atom. The summed E-state index contributed by atoms with van der Waals surface area (Å²) in [5, 5.41) is 2.77. The Labute approximate surface area is 169 Å². The van der Waals surface area contributed by atoms with Crippen molar-refractivity contribution < 1.29 is 22.7 Å². The summed E-state index contributed by atoms with van der Waals surface area (Å²) in [4.78, 5) is 12.2. The van der Waals surface area contributed by atoms with Crippen LogP contribution >= 0.6 is 0 Å². The van der Waals surface area contributed by atoms with Crippen molar-refractivity contribution in [3.8, 4) is 11.5 Å². The molecule has 0 saturated heterocycles. The molecule has 1 atom stereocenters. The third-order valence-corrected chi connectivity index (χ3v) is 5.79. The number of carbonyl (C=O) groups excluding carboxylic acids is 1. The zero-order valence-electron chi connectivity index (χ0n) is 17.6. The Bertz CT molecular complexity index is 703. The van der Waals surface area contributed by atoms with Crippen LogP contribution < -0.4 is 14.8 Å². The second-order valence-electron chi connectivity index (χ2n) is 6.99. The first-order valence-electron chi connectivity index (χ1n) is 10.2. The van der Waals surface area contributed by atoms with E-state index in [4.69, 9.17) is 9.47 Å². The Morgan fingerprint density at radius 3 is 2.25 bits per heavy atom. The topological polar surface area (TPSA) is 81.7 Å². The third-order valence-electron chi connectivity index (χ3n) is 4.18. The highest BCUT2D eigenvalue weighted by atomic mass is 32.2. The summed E-state index contributed by atoms with van der Waals surface area (Å²) in [6.07, 6.45) is 4.16. The summed E-state index contributed by atoms with van der Waals surface area (Å²) < 4.78 is 35.6. The Morgan fingerprint density at radius 2 is 1.64 bits per heavy atom. The van der Waals surface area contributed by atoms with Crippen LogP contribution in [0.25, 0.3) is 0 Å². The normalized spacial score (nSPS) is 12.4. The number of rotatable bonds is 14. The van der Waals surface area contributed by atoms with Crippen LogP contribution in [-0.4, -0.2) is 39.0 Å². The van der Waals surface area contributed by atoms with Gasteiger partial charge in [0.1, 0.15) is 5.75 Å². The van der Waals surface area contributed by atoms with Gasteiger partial charge in [0.15, 0.2) is 21.3 Å². The molecule has 28 heavy (non-hydrogen) atoms. The van der Waals surface area contributed by atoms with Crippen LogP contribution in [0.3, 0.4) is 0 Å². The monoisotopic (exact) mass is 413 g/mol. The maximum absolute atomic E-state index is 12.2. The molecular weight excluding hydrogens is 378 g/mol. The van der Waals surface area contributed by atoms with Gasteiger partial charge in [-0.3, -0.25) is 4.79 Å². The maximum Gasteiger partial charge on any atom is 0.235 e. The first-order valence-corrected chi connectivity index (χ1v) is 12.0. The lowest BCUT2D eigenvalue weighted by atomic mass is 10.1. The Hall–Kier alpha value is -1.76. The van der Waals surface area contributed by atoms with Gasteiger partial charge in [0.05, 0.1) is 25.0 Å². The van der Waals surface area contributed by atoms with Crippen molar-refractivity contribution in [1.82, 2.24) is 5.32 Å². The molecule has 0 bridgehead atoms. The molecule has 0 aromatic heterocycles. The molecule has 1 aromatic rings. The average Bonchev–Trinajstić information content (AvgIpc) is 2.64. The van der Waals surface area contributed by atoms with Crippen molar-refractivity contribution in [3.05, 3.63) is 23.8 Å². The number of ether oxygens (including phenoxy) is 2. The molecule has 6 nitrogen and oxygen atoms in total. The van der Waals surface area contributed by atoms with E-state index in [-0.39, 0.29) is 11.8 Å². The van der Waals surface area contributed by atoms with Crippen molar-refractivity contribution in [2.75, 3.05) is 24.7 Å². The fourth-order valence-electron chi connectivity index (χ4n) is 2.66. The lowest BCUT2D eigenvalue weighted by molar-refractivity contribution is -0.119. The summed E-state index contributed by atoms with van der Waals surface area (Å²) in [6, 6.07) is 5.22. The fourth-order valence-corrected chi connectivity index (χ4v) is 3.93. The minimum absolute atomic E-state index is 0.0567. The minimum Gasteiger partial charge on any atom is -0.490 e. The molecule has 1 unspecified atom stereocenters. The van der Waals surface area contributed by atoms with Crippen LogP contribution in [0, 0.1) is 0 Å². The van der Waals surface area contributed by atoms with E-state index < -0.39 is 21.5 Å². The standard InChI is InChI=1S/C21H35NO5S/c1-5-8-9-14-28(24,25)16-21(23)22-17(4)18-10-11-19(26-12-6-2)20(15-18)27-13-7-3/h10-11,15,17H,5-9,12-14,16H2,1-4H3,(H,22,23). The number of benzene rings is 1. The molecule has 0 aliphatic rings. The summed E-state index contributed by atoms with van der Waals surface area (Å²) in [5.41, 5.74) is 0.840. The van der Waals surface area contributed by atoms with Crippen molar-refractivity contribution in [2.45, 2.75) is 65.8 Å². The molecule has 0 aliphatic carbocycles. The van der Waals surface area contributed by atoms with E-state index in [1.165, 1.54) is 0 Å². The number of unbranched alkanes of at least 4 members (excludes halogenated alkanes) is 2. The second kappa shape index (κ2) is 12.6. The van der Waals surface area contributed by atoms with Gasteiger partial charge in [-0.15, -0.1) is 0 Å². The van der Waals surface area contributed by atoms with Crippen LogP contribution in [0.5, 0.6) is 11.5 Å². The molecule has 0 heterocycles. The first kappa shape index (κ1) is 24.3. The summed E-state index contributed by atoms with van der Waals surface area (Å²) >= 11 is 0. The SMILES string of the molecule is CCCCCS(=O)(=O)CC(=O)NC(C)c1ccc(OCCC)c(OCCC)c1. The lowest BCUT2D eigenvalue weighted by Gasteiger charge is -2.18. The highest BCUT2D eigenvalue weighted by Gasteiger charge is 2.19. The fraction of sp³-hybridized carbons (Fsp3) is 0.667. The number of nitrogens with one attached hydrogen (secondary N) is 1. The van der Waals surface area contributed by atoms with Crippen molar-refractivity contribution in [1.29, 1.82) is 0 Å². The third kappa shape index (κ3) is 8.95. The molecule has 0 spiro atoms. The highest BCUT2D eigenvalue weighted by molar-refractivity contribution is 7.92. The van der Waals surface area contributed by atoms with Gasteiger partial charge in [0.2, 0.25) is 5.91 Å². The van der Waals surface area contributed by atoms with E-state index in [1.807, 2.05) is 45.9 Å². The van der Waals surface area contributed by atoms with Crippen LogP contribution in [0.4, 0.5) is 0 Å². The van der Waals surface area contributed by atoms with Crippen molar-refractivity contribution in [3.63, 3.8) is 0 Å². The van der Waals surface area contributed by atoms with Crippen molar-refractivity contribution >= 4 is 15.7 Å². The predicted molar refractivity (Wildman–Crippen MR) is 113 cm³/mol. The number of carbonyl (C=O) groups is 1.